The number of H-pyrrole nitrogens is 1. The van der Waals surface area contributed by atoms with Gasteiger partial charge in [0.1, 0.15) is 12.3 Å². The van der Waals surface area contributed by atoms with Crippen molar-refractivity contribution in [1.82, 2.24) is 19.6 Å². The van der Waals surface area contributed by atoms with Crippen LogP contribution in [0.5, 0.6) is 0 Å². The highest BCUT2D eigenvalue weighted by atomic mass is 16.3. The Morgan fingerprint density at radius 3 is 3.00 bits per heavy atom. The van der Waals surface area contributed by atoms with Crippen LogP contribution in [0.1, 0.15) is 5.82 Å². The molecule has 0 saturated heterocycles. The minimum absolute atomic E-state index is 0.241. The molecule has 16 heavy (non-hydrogen) atoms. The van der Waals surface area contributed by atoms with E-state index in [0.717, 1.165) is 9.90 Å². The summed E-state index contributed by atoms with van der Waals surface area (Å²) in [6, 6.07) is 7.27. The smallest absolute Gasteiger partial charge is 0.370 e. The molecule has 0 spiro atoms. The van der Waals surface area contributed by atoms with E-state index in [0.29, 0.717) is 17.0 Å². The molecule has 2 N–H and O–H groups in total. The average Bonchev–Trinajstić information content (AvgIpc) is 2.74. The molecule has 0 unspecified atom stereocenters. The molecule has 2 aromatic heterocycles. The summed E-state index contributed by atoms with van der Waals surface area (Å²) in [5, 5.41) is 13.7. The zero-order valence-corrected chi connectivity index (χ0v) is 8.21. The van der Waals surface area contributed by atoms with Crippen LogP contribution in [0.3, 0.4) is 0 Å². The standard InChI is InChI=1S/C10H8N4O2/c15-5-8-12-9-6-3-1-2-4-7(6)11-10(16)14(9)13-8/h1-4,15H,5H2,(H,12,13). The average molecular weight is 216 g/mol. The van der Waals surface area contributed by atoms with Crippen molar-refractivity contribution in [3.63, 3.8) is 0 Å². The Hall–Kier alpha value is -2.21. The maximum Gasteiger partial charge on any atom is 0.370 e. The van der Waals surface area contributed by atoms with Gasteiger partial charge in [0, 0.05) is 5.39 Å². The fraction of sp³-hybridized carbons (Fsp3) is 0.100. The number of nitrogens with zero attached hydrogens (tertiary/aromatic N) is 3. The minimum Gasteiger partial charge on any atom is -0.388 e. The number of fused-ring (bicyclic) bond motifs is 3. The maximum atomic E-state index is 11.6. The molecule has 80 valence electrons. The van der Waals surface area contributed by atoms with Crippen molar-refractivity contribution in [3.05, 3.63) is 40.6 Å². The highest BCUT2D eigenvalue weighted by Gasteiger charge is 2.08. The molecule has 0 amide bonds. The van der Waals surface area contributed by atoms with Crippen LogP contribution in [0, 0.1) is 0 Å². The summed E-state index contributed by atoms with van der Waals surface area (Å²) in [4.78, 5) is 18.4. The van der Waals surface area contributed by atoms with Gasteiger partial charge in [-0.1, -0.05) is 12.1 Å². The molecule has 3 rings (SSSR count). The van der Waals surface area contributed by atoms with E-state index in [2.05, 4.69) is 15.1 Å². The number of aliphatic hydroxyl groups excluding tert-OH is 1. The topological polar surface area (TPSA) is 83.3 Å². The molecule has 0 aliphatic rings. The lowest BCUT2D eigenvalue weighted by Gasteiger charge is -1.96. The summed E-state index contributed by atoms with van der Waals surface area (Å²) in [6.45, 7) is -0.241. The lowest BCUT2D eigenvalue weighted by molar-refractivity contribution is 0.271. The molecule has 0 fully saturated rings. The second-order valence-corrected chi connectivity index (χ2v) is 3.40. The van der Waals surface area contributed by atoms with Gasteiger partial charge in [-0.15, -0.1) is 5.10 Å². The molecule has 3 aromatic rings. The molecule has 1 aromatic carbocycles. The Labute approximate surface area is 89.2 Å². The first-order valence-electron chi connectivity index (χ1n) is 4.77. The first-order valence-corrected chi connectivity index (χ1v) is 4.77. The fourth-order valence-electron chi connectivity index (χ4n) is 1.70. The largest absolute Gasteiger partial charge is 0.388 e. The van der Waals surface area contributed by atoms with Crippen LogP contribution in [0.4, 0.5) is 0 Å². The monoisotopic (exact) mass is 216 g/mol. The Balaban J connectivity index is 2.57. The molecule has 6 heteroatoms. The van der Waals surface area contributed by atoms with Crippen molar-refractivity contribution in [1.29, 1.82) is 0 Å². The molecular weight excluding hydrogens is 208 g/mol. The molecule has 0 aliphatic heterocycles. The summed E-state index contributed by atoms with van der Waals surface area (Å²) < 4.78 is 1.16. The van der Waals surface area contributed by atoms with Gasteiger partial charge >= 0.3 is 5.69 Å². The maximum absolute atomic E-state index is 11.6. The van der Waals surface area contributed by atoms with E-state index in [1.807, 2.05) is 18.2 Å². The summed E-state index contributed by atoms with van der Waals surface area (Å²) in [5.41, 5.74) is 0.713. The van der Waals surface area contributed by atoms with Gasteiger partial charge in [-0.3, -0.25) is 0 Å². The first-order chi connectivity index (χ1) is 7.79. The number of rotatable bonds is 1. The summed E-state index contributed by atoms with van der Waals surface area (Å²) in [6.07, 6.45) is 0. The van der Waals surface area contributed by atoms with Crippen LogP contribution in [0.15, 0.2) is 29.1 Å². The van der Waals surface area contributed by atoms with Crippen molar-refractivity contribution in [3.8, 4) is 0 Å². The number of aliphatic hydroxyl groups is 1. The Morgan fingerprint density at radius 1 is 1.38 bits per heavy atom. The van der Waals surface area contributed by atoms with Crippen LogP contribution in [-0.2, 0) is 6.61 Å². The van der Waals surface area contributed by atoms with E-state index in [1.54, 1.807) is 6.07 Å². The quantitative estimate of drug-likeness (QED) is 0.602. The van der Waals surface area contributed by atoms with Gasteiger partial charge in [-0.2, -0.15) is 9.50 Å². The molecule has 0 saturated carbocycles. The van der Waals surface area contributed by atoms with E-state index in [1.165, 1.54) is 0 Å². The number of aromatic nitrogens is 4. The Kier molecular flexibility index (Phi) is 1.78. The van der Waals surface area contributed by atoms with Crippen LogP contribution < -0.4 is 5.69 Å². The number of nitrogens with one attached hydrogen (secondary N) is 1. The molecule has 0 radical (unpaired) electrons. The molecule has 0 bridgehead atoms. The predicted molar refractivity (Wildman–Crippen MR) is 57.0 cm³/mol. The highest BCUT2D eigenvalue weighted by molar-refractivity contribution is 5.90. The third-order valence-corrected chi connectivity index (χ3v) is 2.40. The van der Waals surface area contributed by atoms with Crippen molar-refractivity contribution in [2.45, 2.75) is 6.61 Å². The van der Waals surface area contributed by atoms with Gasteiger partial charge in [0.05, 0.1) is 5.52 Å². The highest BCUT2D eigenvalue weighted by Crippen LogP contribution is 2.13. The third kappa shape index (κ3) is 1.13. The van der Waals surface area contributed by atoms with Gasteiger partial charge in [0.2, 0.25) is 0 Å². The van der Waals surface area contributed by atoms with Gasteiger partial charge in [-0.05, 0) is 12.1 Å². The number of benzene rings is 1. The van der Waals surface area contributed by atoms with Crippen LogP contribution >= 0.6 is 0 Å². The van der Waals surface area contributed by atoms with Crippen LogP contribution in [-0.4, -0.2) is 24.7 Å². The number of para-hydroxylation sites is 1. The zero-order valence-electron chi connectivity index (χ0n) is 8.21. The zero-order chi connectivity index (χ0) is 11.1. The van der Waals surface area contributed by atoms with Crippen molar-refractivity contribution >= 4 is 16.6 Å². The molecular formula is C10H8N4O2. The van der Waals surface area contributed by atoms with Crippen molar-refractivity contribution in [2.24, 2.45) is 0 Å². The van der Waals surface area contributed by atoms with Crippen LogP contribution in [0.2, 0.25) is 0 Å². The molecule has 0 aliphatic carbocycles. The number of hydrogen-bond donors (Lipinski definition) is 2. The molecule has 0 atom stereocenters. The summed E-state index contributed by atoms with van der Waals surface area (Å²) >= 11 is 0. The lowest BCUT2D eigenvalue weighted by Crippen LogP contribution is -2.17. The second kappa shape index (κ2) is 3.14. The number of hydrogen-bond acceptors (Lipinski definition) is 4. The predicted octanol–water partition coefficient (Wildman–Crippen LogP) is 0.0631. The van der Waals surface area contributed by atoms with Crippen molar-refractivity contribution < 1.29 is 5.11 Å². The number of aromatic amines is 1. The van der Waals surface area contributed by atoms with Crippen molar-refractivity contribution in [2.75, 3.05) is 0 Å². The van der Waals surface area contributed by atoms with Gasteiger partial charge in [-0.25, -0.2) is 4.79 Å². The minimum atomic E-state index is -0.454. The van der Waals surface area contributed by atoms with E-state index in [9.17, 15) is 4.79 Å². The van der Waals surface area contributed by atoms with Gasteiger partial charge in [0.25, 0.3) is 0 Å². The van der Waals surface area contributed by atoms with E-state index in [4.69, 9.17) is 5.11 Å². The lowest BCUT2D eigenvalue weighted by atomic mass is 10.2. The Bertz CT molecular complexity index is 728. The van der Waals surface area contributed by atoms with Crippen LogP contribution in [0.25, 0.3) is 16.6 Å². The van der Waals surface area contributed by atoms with Gasteiger partial charge in [0.15, 0.2) is 5.82 Å². The molecule has 2 heterocycles. The fourth-order valence-corrected chi connectivity index (χ4v) is 1.70. The van der Waals surface area contributed by atoms with E-state index >= 15 is 0 Å². The van der Waals surface area contributed by atoms with Gasteiger partial charge < -0.3 is 10.1 Å². The van der Waals surface area contributed by atoms with E-state index in [-0.39, 0.29) is 6.61 Å². The first kappa shape index (κ1) is 9.05. The van der Waals surface area contributed by atoms with E-state index < -0.39 is 5.69 Å². The summed E-state index contributed by atoms with van der Waals surface area (Å²) in [7, 11) is 0. The Morgan fingerprint density at radius 2 is 2.19 bits per heavy atom. The normalized spacial score (nSPS) is 11.3. The third-order valence-electron chi connectivity index (χ3n) is 2.40. The summed E-state index contributed by atoms with van der Waals surface area (Å²) in [5.74, 6) is 0.343. The second-order valence-electron chi connectivity index (χ2n) is 3.40. The molecule has 6 nitrogen and oxygen atoms in total. The SMILES string of the molecule is O=c1nc2ccccc2c2[nH]c(CO)nn12.